The van der Waals surface area contributed by atoms with Crippen molar-refractivity contribution in [3.8, 4) is 5.75 Å². The summed E-state index contributed by atoms with van der Waals surface area (Å²) < 4.78 is 17.8. The molecule has 128 valence electrons. The Balaban J connectivity index is 2.10. The minimum atomic E-state index is -1.35. The summed E-state index contributed by atoms with van der Waals surface area (Å²) in [6.07, 6.45) is 0. The fourth-order valence-corrected chi connectivity index (χ4v) is 3.63. The minimum Gasteiger partial charge on any atom is -0.496 e. The normalized spacial score (nSPS) is 13.2. The molecule has 0 N–H and O–H groups in total. The smallest absolute Gasteiger partial charge is 0.235 e. The summed E-state index contributed by atoms with van der Waals surface area (Å²) in [4.78, 5) is 14.8. The minimum absolute atomic E-state index is 0.0283. The summed E-state index contributed by atoms with van der Waals surface area (Å²) in [7, 11) is 1.99. The second kappa shape index (κ2) is 8.11. The molecule has 0 aliphatic heterocycles. The lowest BCUT2D eigenvalue weighted by atomic mass is 10.1. The van der Waals surface area contributed by atoms with E-state index in [9.17, 15) is 9.00 Å². The average Bonchev–Trinajstić information content (AvgIpc) is 2.60. The molecule has 1 amide bonds. The first-order chi connectivity index (χ1) is 11.4. The first-order valence-corrected chi connectivity index (χ1v) is 9.09. The Hall–Kier alpha value is -2.14. The molecule has 0 bridgehead atoms. The molecule has 0 saturated carbocycles. The highest BCUT2D eigenvalue weighted by Gasteiger charge is 2.22. The highest BCUT2D eigenvalue weighted by Crippen LogP contribution is 2.28. The van der Waals surface area contributed by atoms with E-state index in [1.807, 2.05) is 56.3 Å². The molecule has 0 saturated heterocycles. The molecule has 2 atom stereocenters. The third-order valence-electron chi connectivity index (χ3n) is 4.07. The fraction of sp³-hybridized carbons (Fsp3) is 0.316. The lowest BCUT2D eigenvalue weighted by Gasteiger charge is -2.26. The summed E-state index contributed by atoms with van der Waals surface area (Å²) in [5.74, 6) is 0.553. The molecule has 0 aromatic heterocycles. The van der Waals surface area contributed by atoms with Crippen LogP contribution < -0.4 is 4.74 Å². The summed E-state index contributed by atoms with van der Waals surface area (Å²) in [6.45, 7) is 3.88. The van der Waals surface area contributed by atoms with Crippen molar-refractivity contribution in [3.63, 3.8) is 0 Å². The van der Waals surface area contributed by atoms with Crippen LogP contribution >= 0.6 is 0 Å². The van der Waals surface area contributed by atoms with Gasteiger partial charge in [0.25, 0.3) is 0 Å². The number of aryl methyl sites for hydroxylation is 1. The van der Waals surface area contributed by atoms with Gasteiger partial charge < -0.3 is 9.64 Å². The molecule has 0 fully saturated rings. The highest BCUT2D eigenvalue weighted by molar-refractivity contribution is 7.85. The second-order valence-corrected chi connectivity index (χ2v) is 7.18. The quantitative estimate of drug-likeness (QED) is 0.807. The number of rotatable bonds is 6. The molecule has 0 aliphatic carbocycles. The van der Waals surface area contributed by atoms with Gasteiger partial charge >= 0.3 is 0 Å². The van der Waals surface area contributed by atoms with Crippen LogP contribution in [0.2, 0.25) is 0 Å². The van der Waals surface area contributed by atoms with E-state index in [0.29, 0.717) is 4.90 Å². The molecule has 0 unspecified atom stereocenters. The predicted molar refractivity (Wildman–Crippen MR) is 96.6 cm³/mol. The van der Waals surface area contributed by atoms with E-state index in [1.165, 1.54) is 0 Å². The van der Waals surface area contributed by atoms with Crippen molar-refractivity contribution in [1.82, 2.24) is 4.90 Å². The molecule has 5 heteroatoms. The van der Waals surface area contributed by atoms with Gasteiger partial charge in [0, 0.05) is 17.5 Å². The lowest BCUT2D eigenvalue weighted by molar-refractivity contribution is -0.129. The summed E-state index contributed by atoms with van der Waals surface area (Å²) in [5, 5.41) is 0. The van der Waals surface area contributed by atoms with Gasteiger partial charge in [-0.2, -0.15) is 0 Å². The van der Waals surface area contributed by atoms with E-state index >= 15 is 0 Å². The van der Waals surface area contributed by atoms with Gasteiger partial charge in [-0.05, 0) is 37.6 Å². The monoisotopic (exact) mass is 345 g/mol. The number of nitrogens with zero attached hydrogens (tertiary/aromatic N) is 1. The van der Waals surface area contributed by atoms with Gasteiger partial charge in [-0.15, -0.1) is 0 Å². The summed E-state index contributed by atoms with van der Waals surface area (Å²) in [5.41, 5.74) is 1.96. The van der Waals surface area contributed by atoms with Gasteiger partial charge in [0.2, 0.25) is 5.91 Å². The van der Waals surface area contributed by atoms with E-state index in [-0.39, 0.29) is 17.7 Å². The zero-order valence-corrected chi connectivity index (χ0v) is 15.3. The maximum Gasteiger partial charge on any atom is 0.235 e. The van der Waals surface area contributed by atoms with Crippen LogP contribution in [0.3, 0.4) is 0 Å². The fourth-order valence-electron chi connectivity index (χ4n) is 2.49. The topological polar surface area (TPSA) is 46.6 Å². The summed E-state index contributed by atoms with van der Waals surface area (Å²) in [6, 6.07) is 14.9. The molecule has 0 aliphatic rings. The van der Waals surface area contributed by atoms with Crippen molar-refractivity contribution in [2.24, 2.45) is 0 Å². The van der Waals surface area contributed by atoms with Crippen LogP contribution in [-0.2, 0) is 15.6 Å². The second-order valence-electron chi connectivity index (χ2n) is 5.73. The first kappa shape index (κ1) is 18.2. The molecule has 2 rings (SSSR count). The largest absolute Gasteiger partial charge is 0.496 e. The maximum absolute atomic E-state index is 12.5. The number of para-hydroxylation sites is 1. The van der Waals surface area contributed by atoms with E-state index in [4.69, 9.17) is 4.74 Å². The number of methoxy groups -OCH3 is 1. The van der Waals surface area contributed by atoms with E-state index in [0.717, 1.165) is 16.9 Å². The Morgan fingerprint density at radius 2 is 1.92 bits per heavy atom. The Kier molecular flexibility index (Phi) is 6.15. The molecule has 0 spiro atoms. The van der Waals surface area contributed by atoms with Gasteiger partial charge in [0.05, 0.1) is 24.0 Å². The van der Waals surface area contributed by atoms with Crippen LogP contribution in [0.25, 0.3) is 0 Å². The zero-order valence-electron chi connectivity index (χ0n) is 14.5. The van der Waals surface area contributed by atoms with Crippen LogP contribution in [0.4, 0.5) is 0 Å². The standard InChI is InChI=1S/C19H23NO3S/c1-14-8-7-9-16(12-14)24(22)13-19(21)20(3)15(2)17-10-5-6-11-18(17)23-4/h5-12,15H,13H2,1-4H3/t15-,24-/m1/s1. The number of benzene rings is 2. The average molecular weight is 345 g/mol. The Labute approximate surface area is 145 Å². The number of hydrogen-bond donors (Lipinski definition) is 0. The van der Waals surface area contributed by atoms with Gasteiger partial charge in [0.15, 0.2) is 0 Å². The number of carbonyl (C=O) groups is 1. The first-order valence-electron chi connectivity index (χ1n) is 7.77. The third kappa shape index (κ3) is 4.23. The molecular weight excluding hydrogens is 322 g/mol. The van der Waals surface area contributed by atoms with Crippen molar-refractivity contribution in [1.29, 1.82) is 0 Å². The van der Waals surface area contributed by atoms with Crippen molar-refractivity contribution in [2.75, 3.05) is 19.9 Å². The summed E-state index contributed by atoms with van der Waals surface area (Å²) >= 11 is 0. The van der Waals surface area contributed by atoms with Gasteiger partial charge in [-0.25, -0.2) is 0 Å². The molecule has 2 aromatic carbocycles. The number of carbonyl (C=O) groups excluding carboxylic acids is 1. The molecular formula is C19H23NO3S. The zero-order chi connectivity index (χ0) is 17.7. The molecule has 0 heterocycles. The molecule has 4 nitrogen and oxygen atoms in total. The van der Waals surface area contributed by atoms with E-state index < -0.39 is 10.8 Å². The van der Waals surface area contributed by atoms with Gasteiger partial charge in [-0.3, -0.25) is 9.00 Å². The Morgan fingerprint density at radius 3 is 2.58 bits per heavy atom. The molecule has 24 heavy (non-hydrogen) atoms. The number of hydrogen-bond acceptors (Lipinski definition) is 3. The van der Waals surface area contributed by atoms with E-state index in [2.05, 4.69) is 0 Å². The van der Waals surface area contributed by atoms with Crippen molar-refractivity contribution >= 4 is 16.7 Å². The van der Waals surface area contributed by atoms with Gasteiger partial charge in [-0.1, -0.05) is 30.3 Å². The third-order valence-corrected chi connectivity index (χ3v) is 5.36. The van der Waals surface area contributed by atoms with Crippen LogP contribution in [0.5, 0.6) is 5.75 Å². The van der Waals surface area contributed by atoms with E-state index in [1.54, 1.807) is 25.1 Å². The number of ether oxygens (including phenoxy) is 1. The maximum atomic E-state index is 12.5. The van der Waals surface area contributed by atoms with Crippen molar-refractivity contribution < 1.29 is 13.7 Å². The predicted octanol–water partition coefficient (Wildman–Crippen LogP) is 3.33. The highest BCUT2D eigenvalue weighted by atomic mass is 32.2. The van der Waals surface area contributed by atoms with Crippen molar-refractivity contribution in [3.05, 3.63) is 59.7 Å². The van der Waals surface area contributed by atoms with Crippen LogP contribution in [0.15, 0.2) is 53.4 Å². The van der Waals surface area contributed by atoms with Crippen LogP contribution in [0, 0.1) is 6.92 Å². The van der Waals surface area contributed by atoms with Gasteiger partial charge in [0.1, 0.15) is 11.5 Å². The Morgan fingerprint density at radius 1 is 1.21 bits per heavy atom. The molecule has 0 radical (unpaired) electrons. The van der Waals surface area contributed by atoms with Crippen molar-refractivity contribution in [2.45, 2.75) is 24.8 Å². The van der Waals surface area contributed by atoms with Crippen LogP contribution in [-0.4, -0.2) is 34.9 Å². The molecule has 2 aromatic rings. The lowest BCUT2D eigenvalue weighted by Crippen LogP contribution is -2.33. The SMILES string of the molecule is COc1ccccc1[C@@H](C)N(C)C(=O)C[S@@](=O)c1cccc(C)c1. The Bertz CT molecular complexity index is 745. The number of amides is 1. The van der Waals surface area contributed by atoms with Crippen LogP contribution in [0.1, 0.15) is 24.1 Å².